The van der Waals surface area contributed by atoms with Crippen molar-refractivity contribution >= 4 is 0 Å². The van der Waals surface area contributed by atoms with Crippen molar-refractivity contribution in [3.63, 3.8) is 0 Å². The molecule has 0 fully saturated rings. The van der Waals surface area contributed by atoms with Gasteiger partial charge >= 0.3 is 0 Å². The fourth-order valence-electron chi connectivity index (χ4n) is 0. The van der Waals surface area contributed by atoms with E-state index in [1.54, 1.807) is 0 Å². The van der Waals surface area contributed by atoms with Crippen LogP contribution in [-0.2, 0) is 0 Å². The minimum atomic E-state index is 0.444. The van der Waals surface area contributed by atoms with Crippen LogP contribution in [0.1, 0.15) is 0 Å². The summed E-state index contributed by atoms with van der Waals surface area (Å²) in [4.78, 5) is 8.99. The van der Waals surface area contributed by atoms with Crippen molar-refractivity contribution < 1.29 is 0 Å². The first-order valence-corrected chi connectivity index (χ1v) is 1.05. The average Bonchev–Trinajstić information content (AvgIpc) is 1.38. The number of rotatable bonds is 1. The van der Waals surface area contributed by atoms with Gasteiger partial charge in [-0.2, -0.15) is 0 Å². The molecule has 0 aliphatic heterocycles. The van der Waals surface area contributed by atoms with Crippen LogP contribution in [0, 0.1) is 12.0 Å². The van der Waals surface area contributed by atoms with E-state index in [1.807, 2.05) is 0 Å². The lowest BCUT2D eigenvalue weighted by Crippen LogP contribution is -1.93. The quantitative estimate of drug-likeness (QED) is 0.325. The first-order valence-electron chi connectivity index (χ1n) is 1.05. The first-order chi connectivity index (χ1) is 2.27. The van der Waals surface area contributed by atoms with E-state index in [0.717, 1.165) is 0 Å². The van der Waals surface area contributed by atoms with Gasteiger partial charge in [0, 0.05) is 7.05 Å². The Hall–Kier alpha value is -0.600. The van der Waals surface area contributed by atoms with Crippen molar-refractivity contribution in [2.24, 2.45) is 5.29 Å². The van der Waals surface area contributed by atoms with Crippen LogP contribution in [0.2, 0.25) is 0 Å². The second-order valence-corrected chi connectivity index (χ2v) is 0.605. The molecule has 5 heavy (non-hydrogen) atoms. The van der Waals surface area contributed by atoms with Gasteiger partial charge in [-0.05, 0) is 0 Å². The van der Waals surface area contributed by atoms with E-state index in [2.05, 4.69) is 5.29 Å². The molecule has 0 saturated carbocycles. The van der Waals surface area contributed by atoms with Crippen LogP contribution >= 0.6 is 0 Å². The molecule has 3 heteroatoms. The molecule has 0 N–H and O–H groups in total. The van der Waals surface area contributed by atoms with Gasteiger partial charge in [-0.25, -0.2) is 5.01 Å². The molecule has 0 atom stereocenters. The van der Waals surface area contributed by atoms with E-state index in [1.165, 1.54) is 7.05 Å². The minimum absolute atomic E-state index is 0.444. The predicted molar refractivity (Wildman–Crippen MR) is 16.8 cm³/mol. The molecule has 0 aromatic rings. The zero-order valence-electron chi connectivity index (χ0n) is 2.80. The monoisotopic (exact) mass is 71.0 g/mol. The van der Waals surface area contributed by atoms with Crippen molar-refractivity contribution in [3.05, 3.63) is 12.0 Å². The van der Waals surface area contributed by atoms with Crippen molar-refractivity contribution in [1.29, 1.82) is 0 Å². The maximum absolute atomic E-state index is 8.99. The average molecular weight is 71.1 g/mol. The smallest absolute Gasteiger partial charge is 0.150 e. The molecular formula is C2H3N2O. The third-order valence-electron chi connectivity index (χ3n) is 0.122. The molecule has 0 spiro atoms. The zero-order valence-corrected chi connectivity index (χ0v) is 2.80. The van der Waals surface area contributed by atoms with Crippen LogP contribution < -0.4 is 0 Å². The molecule has 0 heterocycles. The van der Waals surface area contributed by atoms with Crippen LogP contribution in [0.15, 0.2) is 5.29 Å². The Bertz CT molecular complexity index is 34.6. The standard InChI is InChI=1S/C2H3N2O/c1-4(2)3-5/h1H3. The fraction of sp³-hybridized carbons (Fsp3) is 0.500. The topological polar surface area (TPSA) is 32.7 Å². The molecule has 3 nitrogen and oxygen atoms in total. The van der Waals surface area contributed by atoms with Gasteiger partial charge in [0.25, 0.3) is 0 Å². The zero-order chi connectivity index (χ0) is 4.28. The minimum Gasteiger partial charge on any atom is -0.250 e. The molecule has 27 valence electrons. The Balaban J connectivity index is 2.83. The molecular weight excluding hydrogens is 68.0 g/mol. The molecule has 0 aliphatic rings. The highest BCUT2D eigenvalue weighted by atomic mass is 16.3. The lowest BCUT2D eigenvalue weighted by molar-refractivity contribution is 0.477. The predicted octanol–water partition coefficient (Wildman–Crippen LogP) is 0.145. The molecule has 0 rings (SSSR count). The van der Waals surface area contributed by atoms with Gasteiger partial charge in [-0.1, -0.05) is 0 Å². The van der Waals surface area contributed by atoms with E-state index >= 15 is 0 Å². The third kappa shape index (κ3) is 3.40. The van der Waals surface area contributed by atoms with Crippen LogP contribution in [0.3, 0.4) is 0 Å². The molecule has 0 unspecified atom stereocenters. The maximum Gasteiger partial charge on any atom is 0.150 e. The number of nitrogens with zero attached hydrogens (tertiary/aromatic N) is 2. The van der Waals surface area contributed by atoms with Crippen LogP contribution in [0.4, 0.5) is 0 Å². The Morgan fingerprint density at radius 1 is 2.00 bits per heavy atom. The third-order valence-corrected chi connectivity index (χ3v) is 0.122. The maximum atomic E-state index is 8.99. The fourth-order valence-corrected chi connectivity index (χ4v) is 0. The van der Waals surface area contributed by atoms with E-state index < -0.39 is 0 Å². The molecule has 0 aliphatic carbocycles. The van der Waals surface area contributed by atoms with Gasteiger partial charge in [-0.15, -0.1) is 4.91 Å². The summed E-state index contributed by atoms with van der Waals surface area (Å²) in [6.07, 6.45) is 0. The normalized spacial score (nSPS) is 6.80. The number of hydrogen-bond donors (Lipinski definition) is 0. The Labute approximate surface area is 30.5 Å². The summed E-state index contributed by atoms with van der Waals surface area (Å²) in [5, 5.41) is 2.58. The summed E-state index contributed by atoms with van der Waals surface area (Å²) in [6.45, 7) is 0. The van der Waals surface area contributed by atoms with Crippen molar-refractivity contribution in [2.75, 3.05) is 7.05 Å². The van der Waals surface area contributed by atoms with Crippen molar-refractivity contribution in [1.82, 2.24) is 5.01 Å². The van der Waals surface area contributed by atoms with Gasteiger partial charge in [0.1, 0.15) is 0 Å². The van der Waals surface area contributed by atoms with Gasteiger partial charge in [0.15, 0.2) is 7.05 Å². The summed E-state index contributed by atoms with van der Waals surface area (Å²) in [7, 11) is 7.42. The van der Waals surface area contributed by atoms with E-state index in [-0.39, 0.29) is 0 Å². The first kappa shape index (κ1) is 4.40. The van der Waals surface area contributed by atoms with Crippen LogP contribution in [-0.4, -0.2) is 12.1 Å². The highest BCUT2D eigenvalue weighted by Crippen LogP contribution is 1.68. The molecule has 0 bridgehead atoms. The van der Waals surface area contributed by atoms with Crippen molar-refractivity contribution in [2.45, 2.75) is 0 Å². The molecule has 3 radical (unpaired) electrons. The summed E-state index contributed by atoms with van der Waals surface area (Å²) in [5.74, 6) is 0. The summed E-state index contributed by atoms with van der Waals surface area (Å²) in [6, 6.07) is 0. The van der Waals surface area contributed by atoms with Gasteiger partial charge in [0.05, 0.1) is 5.29 Å². The molecule has 0 aromatic heterocycles. The van der Waals surface area contributed by atoms with E-state index in [9.17, 15) is 0 Å². The van der Waals surface area contributed by atoms with Crippen LogP contribution in [0.5, 0.6) is 0 Å². The highest BCUT2D eigenvalue weighted by Gasteiger charge is 1.71. The molecule has 0 amide bonds. The van der Waals surface area contributed by atoms with E-state index in [4.69, 9.17) is 12.0 Å². The second-order valence-electron chi connectivity index (χ2n) is 0.605. The van der Waals surface area contributed by atoms with E-state index in [0.29, 0.717) is 5.01 Å². The SMILES string of the molecule is [C]N(C)N=O. The second kappa shape index (κ2) is 1.69. The van der Waals surface area contributed by atoms with Crippen molar-refractivity contribution in [3.8, 4) is 0 Å². The lowest BCUT2D eigenvalue weighted by atomic mass is 11.2. The highest BCUT2D eigenvalue weighted by molar-refractivity contribution is 4.27. The number of hydrogen-bond acceptors (Lipinski definition) is 2. The number of nitroso groups, excluding NO2 is 1. The van der Waals surface area contributed by atoms with Gasteiger partial charge in [0.2, 0.25) is 0 Å². The Morgan fingerprint density at radius 3 is 2.20 bits per heavy atom. The molecule has 0 saturated heterocycles. The summed E-state index contributed by atoms with van der Waals surface area (Å²) >= 11 is 0. The summed E-state index contributed by atoms with van der Waals surface area (Å²) in [5.41, 5.74) is 0. The Kier molecular flexibility index (Phi) is 1.49. The van der Waals surface area contributed by atoms with Gasteiger partial charge in [-0.3, -0.25) is 0 Å². The Morgan fingerprint density at radius 2 is 2.20 bits per heavy atom. The van der Waals surface area contributed by atoms with Crippen LogP contribution in [0.25, 0.3) is 0 Å². The largest absolute Gasteiger partial charge is 0.250 e. The summed E-state index contributed by atoms with van der Waals surface area (Å²) < 4.78 is 0. The van der Waals surface area contributed by atoms with Gasteiger partial charge < -0.3 is 0 Å². The molecule has 0 aromatic carbocycles. The lowest BCUT2D eigenvalue weighted by Gasteiger charge is -1.88.